The fraction of sp³-hybridized carbons (Fsp3) is 0.462. The van der Waals surface area contributed by atoms with Gasteiger partial charge in [-0.3, -0.25) is 10.6 Å². The molecule has 0 heterocycles. The Kier molecular flexibility index (Phi) is 7.28. The first-order valence-electron chi connectivity index (χ1n) is 10.8. The van der Waals surface area contributed by atoms with Gasteiger partial charge in [0.25, 0.3) is 0 Å². The second-order valence-corrected chi connectivity index (χ2v) is 10.2. The van der Waals surface area contributed by atoms with E-state index in [1.807, 2.05) is 93.5 Å². The highest BCUT2D eigenvalue weighted by Gasteiger charge is 2.20. The highest BCUT2D eigenvalue weighted by atomic mass is 16.6. The molecule has 32 heavy (non-hydrogen) atoms. The maximum absolute atomic E-state index is 12.2. The van der Waals surface area contributed by atoms with Crippen LogP contribution in [-0.4, -0.2) is 23.4 Å². The molecule has 2 aromatic rings. The number of amides is 2. The molecular weight excluding hydrogens is 404 g/mol. The van der Waals surface area contributed by atoms with E-state index in [1.54, 1.807) is 0 Å². The summed E-state index contributed by atoms with van der Waals surface area (Å²) in [6, 6.07) is 8.15. The van der Waals surface area contributed by atoms with Crippen molar-refractivity contribution < 1.29 is 19.1 Å². The molecule has 0 fully saturated rings. The molecular formula is C26H36N2O4. The number of carbonyl (C=O) groups excluding carboxylic acids is 2. The Balaban J connectivity index is 2.30. The second-order valence-electron chi connectivity index (χ2n) is 10.2. The zero-order valence-corrected chi connectivity index (χ0v) is 20.9. The minimum absolute atomic E-state index is 0.472. The number of carbonyl (C=O) groups is 2. The Bertz CT molecular complexity index is 898. The first kappa shape index (κ1) is 25.2. The highest BCUT2D eigenvalue weighted by Crippen LogP contribution is 2.33. The monoisotopic (exact) mass is 440 g/mol. The van der Waals surface area contributed by atoms with Crippen LogP contribution in [0.1, 0.15) is 63.8 Å². The summed E-state index contributed by atoms with van der Waals surface area (Å²) in [5, 5.41) is 5.73. The molecule has 2 N–H and O–H groups in total. The molecule has 0 aromatic heterocycles. The van der Waals surface area contributed by atoms with Crippen molar-refractivity contribution in [2.75, 3.05) is 10.6 Å². The van der Waals surface area contributed by atoms with Crippen LogP contribution in [0.15, 0.2) is 24.3 Å². The van der Waals surface area contributed by atoms with Crippen LogP contribution in [0, 0.1) is 27.7 Å². The lowest BCUT2D eigenvalue weighted by atomic mass is 9.95. The number of nitrogens with one attached hydrogen (secondary N) is 2. The van der Waals surface area contributed by atoms with Gasteiger partial charge in [0.1, 0.15) is 11.2 Å². The molecule has 6 nitrogen and oxygen atoms in total. The maximum atomic E-state index is 12.2. The fourth-order valence-corrected chi connectivity index (χ4v) is 3.47. The van der Waals surface area contributed by atoms with Gasteiger partial charge in [-0.1, -0.05) is 0 Å². The predicted molar refractivity (Wildman–Crippen MR) is 131 cm³/mol. The third-order valence-electron chi connectivity index (χ3n) is 4.65. The van der Waals surface area contributed by atoms with E-state index in [0.717, 1.165) is 44.8 Å². The Labute approximate surface area is 191 Å². The summed E-state index contributed by atoms with van der Waals surface area (Å²) < 4.78 is 10.8. The highest BCUT2D eigenvalue weighted by molar-refractivity contribution is 5.90. The van der Waals surface area contributed by atoms with E-state index in [0.29, 0.717) is 0 Å². The zero-order valence-electron chi connectivity index (χ0n) is 20.9. The van der Waals surface area contributed by atoms with Crippen LogP contribution >= 0.6 is 0 Å². The number of hydrogen-bond acceptors (Lipinski definition) is 4. The average molecular weight is 441 g/mol. The van der Waals surface area contributed by atoms with Gasteiger partial charge in [-0.05, 0) is 127 Å². The van der Waals surface area contributed by atoms with Gasteiger partial charge in [0.15, 0.2) is 0 Å². The van der Waals surface area contributed by atoms with Crippen molar-refractivity contribution in [3.05, 3.63) is 46.5 Å². The van der Waals surface area contributed by atoms with Gasteiger partial charge in [-0.25, -0.2) is 9.59 Å². The smallest absolute Gasteiger partial charge is 0.412 e. The topological polar surface area (TPSA) is 76.7 Å². The van der Waals surface area contributed by atoms with Crippen LogP contribution in [-0.2, 0) is 9.47 Å². The van der Waals surface area contributed by atoms with Crippen LogP contribution in [0.2, 0.25) is 0 Å². The van der Waals surface area contributed by atoms with E-state index in [1.165, 1.54) is 0 Å². The molecule has 0 saturated carbocycles. The lowest BCUT2D eigenvalue weighted by molar-refractivity contribution is 0.0624. The molecule has 2 rings (SSSR count). The molecule has 2 amide bonds. The summed E-state index contributed by atoms with van der Waals surface area (Å²) in [5.74, 6) is 0. The third kappa shape index (κ3) is 7.01. The number of rotatable bonds is 3. The number of benzene rings is 2. The van der Waals surface area contributed by atoms with Crippen molar-refractivity contribution >= 4 is 23.6 Å². The largest absolute Gasteiger partial charge is 0.444 e. The molecule has 0 radical (unpaired) electrons. The first-order chi connectivity index (χ1) is 14.6. The molecule has 2 aromatic carbocycles. The first-order valence-corrected chi connectivity index (χ1v) is 10.8. The summed E-state index contributed by atoms with van der Waals surface area (Å²) in [6.45, 7) is 18.8. The third-order valence-corrected chi connectivity index (χ3v) is 4.65. The fourth-order valence-electron chi connectivity index (χ4n) is 3.47. The molecule has 0 spiro atoms. The number of hydrogen-bond donors (Lipinski definition) is 2. The summed E-state index contributed by atoms with van der Waals surface area (Å²) in [6.07, 6.45) is -0.943. The van der Waals surface area contributed by atoms with Crippen LogP contribution < -0.4 is 10.6 Å². The minimum Gasteiger partial charge on any atom is -0.444 e. The molecule has 6 heteroatoms. The minimum atomic E-state index is -0.560. The van der Waals surface area contributed by atoms with Gasteiger partial charge in [-0.2, -0.15) is 0 Å². The van der Waals surface area contributed by atoms with Crippen molar-refractivity contribution in [1.82, 2.24) is 0 Å². The van der Waals surface area contributed by atoms with E-state index < -0.39 is 23.4 Å². The van der Waals surface area contributed by atoms with Crippen LogP contribution in [0.5, 0.6) is 0 Å². The molecule has 0 aliphatic carbocycles. The van der Waals surface area contributed by atoms with E-state index in [4.69, 9.17) is 9.47 Å². The second kappa shape index (κ2) is 9.23. The van der Waals surface area contributed by atoms with Crippen molar-refractivity contribution in [2.24, 2.45) is 0 Å². The normalized spacial score (nSPS) is 11.7. The van der Waals surface area contributed by atoms with E-state index in [-0.39, 0.29) is 0 Å². The Morgan fingerprint density at radius 1 is 0.594 bits per heavy atom. The van der Waals surface area contributed by atoms with Gasteiger partial charge >= 0.3 is 12.2 Å². The van der Waals surface area contributed by atoms with Crippen molar-refractivity contribution in [3.8, 4) is 11.1 Å². The summed E-state index contributed by atoms with van der Waals surface area (Å²) in [7, 11) is 0. The average Bonchev–Trinajstić information content (AvgIpc) is 2.57. The van der Waals surface area contributed by atoms with Crippen molar-refractivity contribution in [1.29, 1.82) is 0 Å². The lowest BCUT2D eigenvalue weighted by Crippen LogP contribution is -2.27. The molecule has 0 unspecified atom stereocenters. The number of anilines is 2. The lowest BCUT2D eigenvalue weighted by Gasteiger charge is -2.22. The Morgan fingerprint density at radius 2 is 0.844 bits per heavy atom. The van der Waals surface area contributed by atoms with Gasteiger partial charge in [-0.15, -0.1) is 0 Å². The van der Waals surface area contributed by atoms with Crippen molar-refractivity contribution in [3.63, 3.8) is 0 Å². The quantitative estimate of drug-likeness (QED) is 0.526. The molecule has 0 saturated heterocycles. The van der Waals surface area contributed by atoms with Crippen LogP contribution in [0.4, 0.5) is 21.0 Å². The van der Waals surface area contributed by atoms with Gasteiger partial charge in [0, 0.05) is 11.4 Å². The molecule has 0 aliphatic rings. The molecule has 0 atom stereocenters. The van der Waals surface area contributed by atoms with Crippen LogP contribution in [0.25, 0.3) is 11.1 Å². The van der Waals surface area contributed by atoms with Crippen molar-refractivity contribution in [2.45, 2.75) is 80.4 Å². The molecule has 174 valence electrons. The summed E-state index contributed by atoms with van der Waals surface area (Å²) in [4.78, 5) is 24.4. The molecule has 0 aliphatic heterocycles. The zero-order chi connectivity index (χ0) is 24.4. The van der Waals surface area contributed by atoms with Gasteiger partial charge in [0.05, 0.1) is 0 Å². The predicted octanol–water partition coefficient (Wildman–Crippen LogP) is 7.28. The molecule has 0 bridgehead atoms. The summed E-state index contributed by atoms with van der Waals surface area (Å²) in [5.41, 5.74) is 6.21. The van der Waals surface area contributed by atoms with E-state index in [2.05, 4.69) is 10.6 Å². The Morgan fingerprint density at radius 3 is 1.06 bits per heavy atom. The van der Waals surface area contributed by atoms with E-state index >= 15 is 0 Å². The Hall–Kier alpha value is -3.02. The standard InChI is InChI=1S/C26H36N2O4/c1-15-11-19(12-16(2)21(15)27-23(29)31-25(5,6)7)20-13-17(3)22(18(4)14-20)28-24(30)32-26(8,9)10/h11-14H,1-10H3,(H,27,29)(H,28,30). The van der Waals surface area contributed by atoms with Gasteiger partial charge in [0.2, 0.25) is 0 Å². The van der Waals surface area contributed by atoms with Gasteiger partial charge < -0.3 is 9.47 Å². The SMILES string of the molecule is Cc1cc(-c2cc(C)c(NC(=O)OC(C)(C)C)c(C)c2)cc(C)c1NC(=O)OC(C)(C)C. The number of aryl methyl sites for hydroxylation is 4. The van der Waals surface area contributed by atoms with E-state index in [9.17, 15) is 9.59 Å². The summed E-state index contributed by atoms with van der Waals surface area (Å²) >= 11 is 0. The number of ether oxygens (including phenoxy) is 2. The van der Waals surface area contributed by atoms with Crippen LogP contribution in [0.3, 0.4) is 0 Å². The maximum Gasteiger partial charge on any atom is 0.412 e.